The SMILES string of the molecule is CC(C#N)Cn1c(C2CCC2)nc2ccccc21. The molecule has 0 saturated heterocycles. The van der Waals surface area contributed by atoms with Gasteiger partial charge in [0.15, 0.2) is 0 Å². The highest BCUT2D eigenvalue weighted by Gasteiger charge is 2.26. The second kappa shape index (κ2) is 4.45. The van der Waals surface area contributed by atoms with Crippen LogP contribution < -0.4 is 0 Å². The smallest absolute Gasteiger partial charge is 0.113 e. The third-order valence-electron chi connectivity index (χ3n) is 3.83. The van der Waals surface area contributed by atoms with E-state index in [4.69, 9.17) is 10.2 Å². The lowest BCUT2D eigenvalue weighted by molar-refractivity contribution is 0.383. The molecule has 1 saturated carbocycles. The van der Waals surface area contributed by atoms with Gasteiger partial charge in [-0.25, -0.2) is 4.98 Å². The van der Waals surface area contributed by atoms with Gasteiger partial charge in [-0.2, -0.15) is 5.26 Å². The van der Waals surface area contributed by atoms with E-state index in [1.165, 1.54) is 30.6 Å². The summed E-state index contributed by atoms with van der Waals surface area (Å²) >= 11 is 0. The second-order valence-corrected chi connectivity index (χ2v) is 5.23. The van der Waals surface area contributed by atoms with Crippen LogP contribution in [0.25, 0.3) is 11.0 Å². The summed E-state index contributed by atoms with van der Waals surface area (Å²) in [5.41, 5.74) is 2.23. The molecule has 0 aliphatic heterocycles. The van der Waals surface area contributed by atoms with Crippen molar-refractivity contribution in [1.29, 1.82) is 5.26 Å². The molecule has 3 nitrogen and oxygen atoms in total. The van der Waals surface area contributed by atoms with Gasteiger partial charge in [-0.3, -0.25) is 0 Å². The molecule has 0 spiro atoms. The predicted molar refractivity (Wildman–Crippen MR) is 71.1 cm³/mol. The summed E-state index contributed by atoms with van der Waals surface area (Å²) in [7, 11) is 0. The first-order valence-electron chi connectivity index (χ1n) is 6.64. The normalized spacial score (nSPS) is 17.3. The van der Waals surface area contributed by atoms with E-state index < -0.39 is 0 Å². The Balaban J connectivity index is 2.09. The number of benzene rings is 1. The van der Waals surface area contributed by atoms with Crippen molar-refractivity contribution < 1.29 is 0 Å². The fourth-order valence-corrected chi connectivity index (χ4v) is 2.58. The number of aromatic nitrogens is 2. The number of para-hydroxylation sites is 2. The highest BCUT2D eigenvalue weighted by Crippen LogP contribution is 2.37. The summed E-state index contributed by atoms with van der Waals surface area (Å²) < 4.78 is 2.26. The lowest BCUT2D eigenvalue weighted by atomic mass is 9.85. The monoisotopic (exact) mass is 239 g/mol. The van der Waals surface area contributed by atoms with Crippen LogP contribution in [0, 0.1) is 17.2 Å². The Labute approximate surface area is 107 Å². The summed E-state index contributed by atoms with van der Waals surface area (Å²) in [5, 5.41) is 9.02. The van der Waals surface area contributed by atoms with Crippen molar-refractivity contribution in [2.24, 2.45) is 5.92 Å². The molecule has 1 aliphatic carbocycles. The minimum atomic E-state index is 0.0291. The maximum Gasteiger partial charge on any atom is 0.113 e. The van der Waals surface area contributed by atoms with E-state index >= 15 is 0 Å². The van der Waals surface area contributed by atoms with Crippen LogP contribution in [0.2, 0.25) is 0 Å². The molecule has 1 unspecified atom stereocenters. The van der Waals surface area contributed by atoms with Crippen LogP contribution in [0.1, 0.15) is 37.9 Å². The maximum absolute atomic E-state index is 9.02. The Kier molecular flexibility index (Phi) is 2.79. The molecule has 1 fully saturated rings. The van der Waals surface area contributed by atoms with Crippen molar-refractivity contribution >= 4 is 11.0 Å². The number of imidazole rings is 1. The zero-order chi connectivity index (χ0) is 12.5. The van der Waals surface area contributed by atoms with E-state index in [1.807, 2.05) is 19.1 Å². The van der Waals surface area contributed by atoms with Crippen molar-refractivity contribution in [3.8, 4) is 6.07 Å². The van der Waals surface area contributed by atoms with Crippen LogP contribution in [0.15, 0.2) is 24.3 Å². The molecule has 1 aromatic heterocycles. The number of hydrogen-bond acceptors (Lipinski definition) is 2. The van der Waals surface area contributed by atoms with E-state index in [1.54, 1.807) is 0 Å². The van der Waals surface area contributed by atoms with Crippen LogP contribution in [-0.4, -0.2) is 9.55 Å². The molecule has 92 valence electrons. The topological polar surface area (TPSA) is 41.6 Å². The van der Waals surface area contributed by atoms with Crippen LogP contribution in [0.4, 0.5) is 0 Å². The molecular weight excluding hydrogens is 222 g/mol. The highest BCUT2D eigenvalue weighted by molar-refractivity contribution is 5.76. The second-order valence-electron chi connectivity index (χ2n) is 5.23. The van der Waals surface area contributed by atoms with Crippen LogP contribution in [0.5, 0.6) is 0 Å². The minimum absolute atomic E-state index is 0.0291. The van der Waals surface area contributed by atoms with Crippen LogP contribution in [0.3, 0.4) is 0 Å². The minimum Gasteiger partial charge on any atom is -0.326 e. The maximum atomic E-state index is 9.02. The lowest BCUT2D eigenvalue weighted by Gasteiger charge is -2.26. The van der Waals surface area contributed by atoms with Gasteiger partial charge in [-0.05, 0) is 31.9 Å². The molecule has 1 aliphatic rings. The number of fused-ring (bicyclic) bond motifs is 1. The van der Waals surface area contributed by atoms with Gasteiger partial charge in [0.25, 0.3) is 0 Å². The summed E-state index contributed by atoms with van der Waals surface area (Å²) in [4.78, 5) is 4.78. The van der Waals surface area contributed by atoms with Crippen molar-refractivity contribution in [1.82, 2.24) is 9.55 Å². The molecule has 18 heavy (non-hydrogen) atoms. The molecule has 0 amide bonds. The standard InChI is InChI=1S/C15H17N3/c1-11(9-16)10-18-14-8-3-2-7-13(14)17-15(18)12-5-4-6-12/h2-3,7-8,11-12H,4-6,10H2,1H3. The van der Waals surface area contributed by atoms with Crippen molar-refractivity contribution in [3.63, 3.8) is 0 Å². The quantitative estimate of drug-likeness (QED) is 0.823. The zero-order valence-electron chi connectivity index (χ0n) is 10.6. The Morgan fingerprint density at radius 1 is 1.44 bits per heavy atom. The van der Waals surface area contributed by atoms with Gasteiger partial charge < -0.3 is 4.57 Å². The number of hydrogen-bond donors (Lipinski definition) is 0. The number of nitrogens with zero attached hydrogens (tertiary/aromatic N) is 3. The summed E-state index contributed by atoms with van der Waals surface area (Å²) in [6.07, 6.45) is 3.79. The fourth-order valence-electron chi connectivity index (χ4n) is 2.58. The molecule has 1 heterocycles. The van der Waals surface area contributed by atoms with Crippen LogP contribution >= 0.6 is 0 Å². The van der Waals surface area contributed by atoms with Gasteiger partial charge in [-0.15, -0.1) is 0 Å². The largest absolute Gasteiger partial charge is 0.326 e. The summed E-state index contributed by atoms with van der Waals surface area (Å²) in [5.74, 6) is 1.81. The molecular formula is C15H17N3. The van der Waals surface area contributed by atoms with Gasteiger partial charge in [0.05, 0.1) is 23.0 Å². The zero-order valence-corrected chi connectivity index (χ0v) is 10.6. The molecule has 1 atom stereocenters. The molecule has 2 aromatic rings. The van der Waals surface area contributed by atoms with E-state index in [2.05, 4.69) is 22.8 Å². The first-order valence-corrected chi connectivity index (χ1v) is 6.64. The first kappa shape index (κ1) is 11.3. The Morgan fingerprint density at radius 3 is 2.89 bits per heavy atom. The summed E-state index contributed by atoms with van der Waals surface area (Å²) in [6, 6.07) is 10.6. The average Bonchev–Trinajstić information content (AvgIpc) is 2.66. The van der Waals surface area contributed by atoms with E-state index in [0.29, 0.717) is 5.92 Å². The van der Waals surface area contributed by atoms with Gasteiger partial charge in [-0.1, -0.05) is 18.6 Å². The molecule has 3 heteroatoms. The average molecular weight is 239 g/mol. The van der Waals surface area contributed by atoms with E-state index in [0.717, 1.165) is 12.1 Å². The predicted octanol–water partition coefficient (Wildman–Crippen LogP) is 3.46. The molecule has 0 N–H and O–H groups in total. The van der Waals surface area contributed by atoms with Gasteiger partial charge in [0, 0.05) is 12.5 Å². The highest BCUT2D eigenvalue weighted by atomic mass is 15.1. The molecule has 1 aromatic carbocycles. The fraction of sp³-hybridized carbons (Fsp3) is 0.467. The third-order valence-corrected chi connectivity index (χ3v) is 3.83. The summed E-state index contributed by atoms with van der Waals surface area (Å²) in [6.45, 7) is 2.72. The molecule has 0 radical (unpaired) electrons. The van der Waals surface area contributed by atoms with Crippen molar-refractivity contribution in [2.45, 2.75) is 38.6 Å². The Morgan fingerprint density at radius 2 is 2.22 bits per heavy atom. The Bertz CT molecular complexity index is 602. The number of nitriles is 1. The van der Waals surface area contributed by atoms with Crippen molar-refractivity contribution in [3.05, 3.63) is 30.1 Å². The van der Waals surface area contributed by atoms with Gasteiger partial charge in [0.1, 0.15) is 5.82 Å². The van der Waals surface area contributed by atoms with E-state index in [9.17, 15) is 0 Å². The van der Waals surface area contributed by atoms with Crippen molar-refractivity contribution in [2.75, 3.05) is 0 Å². The van der Waals surface area contributed by atoms with Gasteiger partial charge >= 0.3 is 0 Å². The van der Waals surface area contributed by atoms with E-state index in [-0.39, 0.29) is 5.92 Å². The lowest BCUT2D eigenvalue weighted by Crippen LogP contribution is -2.17. The number of rotatable bonds is 3. The Hall–Kier alpha value is -1.82. The molecule has 0 bridgehead atoms. The molecule has 3 rings (SSSR count). The van der Waals surface area contributed by atoms with Crippen LogP contribution in [-0.2, 0) is 6.54 Å². The third kappa shape index (κ3) is 1.78. The first-order chi connectivity index (χ1) is 8.79. The van der Waals surface area contributed by atoms with Gasteiger partial charge in [0.2, 0.25) is 0 Å².